The Labute approximate surface area is 166 Å². The summed E-state index contributed by atoms with van der Waals surface area (Å²) in [6.07, 6.45) is 6.28. The maximum Gasteiger partial charge on any atom is 0.251 e. The zero-order valence-corrected chi connectivity index (χ0v) is 16.6. The first kappa shape index (κ1) is 19.7. The fraction of sp³-hybridized carbons (Fsp3) is 0.304. The Balaban J connectivity index is 1.78. The topological polar surface area (TPSA) is 67.8 Å². The van der Waals surface area contributed by atoms with Gasteiger partial charge >= 0.3 is 0 Å². The molecule has 0 aliphatic heterocycles. The average Bonchev–Trinajstić information content (AvgIpc) is 2.70. The third-order valence-electron chi connectivity index (χ3n) is 4.52. The number of hydrogen-bond acceptors (Lipinski definition) is 4. The van der Waals surface area contributed by atoms with Crippen LogP contribution in [0, 0.1) is 6.92 Å². The van der Waals surface area contributed by atoms with Gasteiger partial charge in [-0.15, -0.1) is 0 Å². The molecule has 1 atom stereocenters. The Morgan fingerprint density at radius 1 is 1.14 bits per heavy atom. The second-order valence-electron chi connectivity index (χ2n) is 7.02. The van der Waals surface area contributed by atoms with Crippen molar-refractivity contribution in [3.05, 3.63) is 77.5 Å². The van der Waals surface area contributed by atoms with Crippen molar-refractivity contribution in [3.63, 3.8) is 0 Å². The van der Waals surface area contributed by atoms with Gasteiger partial charge in [0.25, 0.3) is 5.91 Å². The highest BCUT2D eigenvalue weighted by Gasteiger charge is 2.14. The van der Waals surface area contributed by atoms with Gasteiger partial charge in [-0.05, 0) is 50.1 Å². The van der Waals surface area contributed by atoms with Crippen molar-refractivity contribution in [2.24, 2.45) is 0 Å². The minimum absolute atomic E-state index is 0.0111. The van der Waals surface area contributed by atoms with Crippen LogP contribution in [0.3, 0.4) is 0 Å². The SMILES string of the molecule is CCCc1cnc(C)nc1-c1cccc(C(=O)NC(C)Cc2ccccn2)c1. The lowest BCUT2D eigenvalue weighted by Gasteiger charge is -2.14. The zero-order chi connectivity index (χ0) is 19.9. The van der Waals surface area contributed by atoms with Gasteiger partial charge in [-0.2, -0.15) is 0 Å². The minimum atomic E-state index is -0.0897. The van der Waals surface area contributed by atoms with E-state index in [0.717, 1.165) is 41.2 Å². The summed E-state index contributed by atoms with van der Waals surface area (Å²) in [6, 6.07) is 13.4. The van der Waals surface area contributed by atoms with Gasteiger partial charge in [-0.25, -0.2) is 9.97 Å². The minimum Gasteiger partial charge on any atom is -0.349 e. The van der Waals surface area contributed by atoms with Crippen molar-refractivity contribution in [1.82, 2.24) is 20.3 Å². The van der Waals surface area contributed by atoms with Crippen LogP contribution in [0.15, 0.2) is 54.9 Å². The van der Waals surface area contributed by atoms with E-state index in [1.54, 1.807) is 6.20 Å². The lowest BCUT2D eigenvalue weighted by Crippen LogP contribution is -2.34. The summed E-state index contributed by atoms with van der Waals surface area (Å²) in [5.74, 6) is 0.641. The predicted molar refractivity (Wildman–Crippen MR) is 111 cm³/mol. The molecule has 0 radical (unpaired) electrons. The molecule has 1 N–H and O–H groups in total. The molecule has 3 rings (SSSR count). The number of amides is 1. The third kappa shape index (κ3) is 5.00. The van der Waals surface area contributed by atoms with Crippen molar-refractivity contribution < 1.29 is 4.79 Å². The summed E-state index contributed by atoms with van der Waals surface area (Å²) in [7, 11) is 0. The fourth-order valence-electron chi connectivity index (χ4n) is 3.20. The van der Waals surface area contributed by atoms with E-state index in [-0.39, 0.29) is 11.9 Å². The molecule has 1 amide bonds. The standard InChI is InChI=1S/C23H26N4O/c1-4-8-20-15-25-17(3)27-22(20)18-9-7-10-19(14-18)23(28)26-16(2)13-21-11-5-6-12-24-21/h5-7,9-12,14-16H,4,8,13H2,1-3H3,(H,26,28). The molecule has 0 aliphatic carbocycles. The van der Waals surface area contributed by atoms with E-state index in [1.165, 1.54) is 0 Å². The molecule has 0 fully saturated rings. The molecule has 1 unspecified atom stereocenters. The summed E-state index contributed by atoms with van der Waals surface area (Å²) in [5.41, 5.74) is 4.55. The van der Waals surface area contributed by atoms with E-state index in [9.17, 15) is 4.79 Å². The normalized spacial score (nSPS) is 11.8. The monoisotopic (exact) mass is 374 g/mol. The largest absolute Gasteiger partial charge is 0.349 e. The number of pyridine rings is 1. The summed E-state index contributed by atoms with van der Waals surface area (Å²) in [4.78, 5) is 26.0. The zero-order valence-electron chi connectivity index (χ0n) is 16.6. The Hall–Kier alpha value is -3.08. The van der Waals surface area contributed by atoms with Gasteiger partial charge in [-0.3, -0.25) is 9.78 Å². The van der Waals surface area contributed by atoms with E-state index < -0.39 is 0 Å². The average molecular weight is 374 g/mol. The number of hydrogen-bond donors (Lipinski definition) is 1. The second-order valence-corrected chi connectivity index (χ2v) is 7.02. The Morgan fingerprint density at radius 2 is 2.00 bits per heavy atom. The van der Waals surface area contributed by atoms with Crippen molar-refractivity contribution in [2.45, 2.75) is 46.1 Å². The molecule has 1 aromatic carbocycles. The van der Waals surface area contributed by atoms with E-state index in [0.29, 0.717) is 12.0 Å². The lowest BCUT2D eigenvalue weighted by atomic mass is 10.0. The van der Waals surface area contributed by atoms with Crippen LogP contribution in [0.5, 0.6) is 0 Å². The first-order chi connectivity index (χ1) is 13.6. The highest BCUT2D eigenvalue weighted by atomic mass is 16.1. The Kier molecular flexibility index (Phi) is 6.48. The molecule has 0 aliphatic rings. The summed E-state index contributed by atoms with van der Waals surface area (Å²) in [6.45, 7) is 6.01. The van der Waals surface area contributed by atoms with Gasteiger partial charge < -0.3 is 5.32 Å². The molecule has 0 bridgehead atoms. The van der Waals surface area contributed by atoms with Crippen LogP contribution in [0.1, 0.15) is 47.7 Å². The molecule has 5 nitrogen and oxygen atoms in total. The number of rotatable bonds is 7. The van der Waals surface area contributed by atoms with E-state index in [1.807, 2.05) is 62.5 Å². The van der Waals surface area contributed by atoms with Crippen LogP contribution < -0.4 is 5.32 Å². The number of aromatic nitrogens is 3. The number of aryl methyl sites for hydroxylation is 2. The van der Waals surface area contributed by atoms with Gasteiger partial charge in [0.15, 0.2) is 0 Å². The molecule has 5 heteroatoms. The first-order valence-corrected chi connectivity index (χ1v) is 9.70. The maximum absolute atomic E-state index is 12.7. The molecular formula is C23H26N4O. The molecule has 3 aromatic rings. The van der Waals surface area contributed by atoms with Crippen LogP contribution in [0.4, 0.5) is 0 Å². The summed E-state index contributed by atoms with van der Waals surface area (Å²) < 4.78 is 0. The van der Waals surface area contributed by atoms with E-state index in [2.05, 4.69) is 27.2 Å². The van der Waals surface area contributed by atoms with Crippen LogP contribution in [-0.4, -0.2) is 26.9 Å². The Morgan fingerprint density at radius 3 is 2.75 bits per heavy atom. The highest BCUT2D eigenvalue weighted by molar-refractivity contribution is 5.95. The molecule has 2 heterocycles. The molecule has 0 spiro atoms. The maximum atomic E-state index is 12.7. The number of nitrogens with zero attached hydrogens (tertiary/aromatic N) is 3. The van der Waals surface area contributed by atoms with Gasteiger partial charge in [-0.1, -0.05) is 31.5 Å². The van der Waals surface area contributed by atoms with Gasteiger partial charge in [0.2, 0.25) is 0 Å². The number of carbonyl (C=O) groups excluding carboxylic acids is 1. The second kappa shape index (κ2) is 9.22. The quantitative estimate of drug-likeness (QED) is 0.674. The van der Waals surface area contributed by atoms with Crippen LogP contribution in [0.2, 0.25) is 0 Å². The molecule has 0 saturated heterocycles. The van der Waals surface area contributed by atoms with Crippen molar-refractivity contribution in [3.8, 4) is 11.3 Å². The molecule has 28 heavy (non-hydrogen) atoms. The smallest absolute Gasteiger partial charge is 0.251 e. The molecule has 2 aromatic heterocycles. The van der Waals surface area contributed by atoms with Crippen LogP contribution >= 0.6 is 0 Å². The van der Waals surface area contributed by atoms with Crippen LogP contribution in [0.25, 0.3) is 11.3 Å². The lowest BCUT2D eigenvalue weighted by molar-refractivity contribution is 0.0940. The third-order valence-corrected chi connectivity index (χ3v) is 4.52. The van der Waals surface area contributed by atoms with Gasteiger partial charge in [0.1, 0.15) is 5.82 Å². The van der Waals surface area contributed by atoms with Crippen LogP contribution in [-0.2, 0) is 12.8 Å². The van der Waals surface area contributed by atoms with Gasteiger partial charge in [0, 0.05) is 41.7 Å². The number of nitrogens with one attached hydrogen (secondary N) is 1. The van der Waals surface area contributed by atoms with E-state index in [4.69, 9.17) is 0 Å². The van der Waals surface area contributed by atoms with E-state index >= 15 is 0 Å². The number of carbonyl (C=O) groups is 1. The molecular weight excluding hydrogens is 348 g/mol. The molecule has 144 valence electrons. The number of benzene rings is 1. The molecule has 0 saturated carbocycles. The van der Waals surface area contributed by atoms with Crippen molar-refractivity contribution in [1.29, 1.82) is 0 Å². The predicted octanol–water partition coefficient (Wildman–Crippen LogP) is 4.16. The Bertz CT molecular complexity index is 940. The first-order valence-electron chi connectivity index (χ1n) is 9.70. The van der Waals surface area contributed by atoms with Crippen molar-refractivity contribution >= 4 is 5.91 Å². The fourth-order valence-corrected chi connectivity index (χ4v) is 3.20. The van der Waals surface area contributed by atoms with Crippen molar-refractivity contribution in [2.75, 3.05) is 0 Å². The highest BCUT2D eigenvalue weighted by Crippen LogP contribution is 2.23. The summed E-state index contributed by atoms with van der Waals surface area (Å²) in [5, 5.41) is 3.06. The van der Waals surface area contributed by atoms with Gasteiger partial charge in [0.05, 0.1) is 5.69 Å². The summed E-state index contributed by atoms with van der Waals surface area (Å²) >= 11 is 0.